The Morgan fingerprint density at radius 3 is 2.60 bits per heavy atom. The number of pyridine rings is 1. The van der Waals surface area contributed by atoms with Gasteiger partial charge in [-0.25, -0.2) is 0 Å². The molecule has 0 aliphatic carbocycles. The molecule has 1 atom stereocenters. The third-order valence-corrected chi connectivity index (χ3v) is 5.23. The lowest BCUT2D eigenvalue weighted by molar-refractivity contribution is -0.130. The minimum atomic E-state index is -0.168. The lowest BCUT2D eigenvalue weighted by Gasteiger charge is -2.31. The second-order valence-electron chi connectivity index (χ2n) is 7.59. The highest BCUT2D eigenvalue weighted by atomic mass is 16.5. The molecule has 1 aliphatic heterocycles. The van der Waals surface area contributed by atoms with Crippen LogP contribution in [0.4, 0.5) is 0 Å². The Balaban J connectivity index is 1.59. The molecule has 1 aromatic heterocycles. The van der Waals surface area contributed by atoms with E-state index in [1.807, 2.05) is 30.0 Å². The first-order valence-electron chi connectivity index (χ1n) is 10.3. The third-order valence-electron chi connectivity index (χ3n) is 5.23. The number of benzene rings is 1. The number of nitrogens with zero attached hydrogens (tertiary/aromatic N) is 2. The minimum absolute atomic E-state index is 0.0209. The van der Waals surface area contributed by atoms with Crippen LogP contribution in [0.1, 0.15) is 42.7 Å². The van der Waals surface area contributed by atoms with Crippen molar-refractivity contribution < 1.29 is 19.1 Å². The van der Waals surface area contributed by atoms with E-state index >= 15 is 0 Å². The Labute approximate surface area is 177 Å². The molecule has 0 unspecified atom stereocenters. The topological polar surface area (TPSA) is 80.8 Å². The number of hydrogen-bond donors (Lipinski definition) is 1. The number of methoxy groups -OCH3 is 1. The zero-order valence-corrected chi connectivity index (χ0v) is 17.8. The summed E-state index contributed by atoms with van der Waals surface area (Å²) in [5.74, 6) is 1.06. The Hall–Kier alpha value is -3.09. The van der Waals surface area contributed by atoms with Gasteiger partial charge in [0.25, 0.3) is 5.91 Å². The summed E-state index contributed by atoms with van der Waals surface area (Å²) >= 11 is 0. The molecule has 0 spiro atoms. The fourth-order valence-corrected chi connectivity index (χ4v) is 3.57. The fraction of sp³-hybridized carbons (Fsp3) is 0.435. The SMILES string of the molecule is COc1cc(C(=O)N[C@@H](C)Cc2ccccn2)ccc1OC1CCN(C(C)=O)CC1. The Morgan fingerprint density at radius 1 is 1.20 bits per heavy atom. The van der Waals surface area contributed by atoms with Crippen LogP contribution in [0.25, 0.3) is 0 Å². The molecule has 0 bridgehead atoms. The average molecular weight is 412 g/mol. The maximum absolute atomic E-state index is 12.6. The number of carbonyl (C=O) groups excluding carboxylic acids is 2. The van der Waals surface area contributed by atoms with E-state index in [4.69, 9.17) is 9.47 Å². The molecule has 2 heterocycles. The van der Waals surface area contributed by atoms with Gasteiger partial charge in [0, 0.05) is 62.8 Å². The Bertz CT molecular complexity index is 864. The number of amides is 2. The van der Waals surface area contributed by atoms with Crippen LogP contribution in [0, 0.1) is 0 Å². The summed E-state index contributed by atoms with van der Waals surface area (Å²) in [6.07, 6.45) is 3.97. The van der Waals surface area contributed by atoms with Crippen molar-refractivity contribution >= 4 is 11.8 Å². The molecule has 0 saturated carbocycles. The molecule has 160 valence electrons. The van der Waals surface area contributed by atoms with Crippen molar-refractivity contribution in [2.45, 2.75) is 45.3 Å². The standard InChI is InChI=1S/C23H29N3O4/c1-16(14-19-6-4-5-11-24-19)25-23(28)18-7-8-21(22(15-18)29-3)30-20-9-12-26(13-10-20)17(2)27/h4-8,11,15-16,20H,9-10,12-14H2,1-3H3,(H,25,28)/t16-/m0/s1. The second-order valence-corrected chi connectivity index (χ2v) is 7.59. The van der Waals surface area contributed by atoms with Crippen LogP contribution >= 0.6 is 0 Å². The van der Waals surface area contributed by atoms with Gasteiger partial charge in [0.05, 0.1) is 7.11 Å². The lowest BCUT2D eigenvalue weighted by Crippen LogP contribution is -2.40. The van der Waals surface area contributed by atoms with Gasteiger partial charge in [0.1, 0.15) is 6.10 Å². The maximum atomic E-state index is 12.6. The van der Waals surface area contributed by atoms with Gasteiger partial charge in [0.2, 0.25) is 5.91 Å². The van der Waals surface area contributed by atoms with Crippen molar-refractivity contribution in [3.8, 4) is 11.5 Å². The maximum Gasteiger partial charge on any atom is 0.251 e. The number of carbonyl (C=O) groups is 2. The Kier molecular flexibility index (Phi) is 7.27. The second kappa shape index (κ2) is 10.1. The molecule has 3 rings (SSSR count). The summed E-state index contributed by atoms with van der Waals surface area (Å²) in [7, 11) is 1.56. The van der Waals surface area contributed by atoms with Crippen molar-refractivity contribution in [1.29, 1.82) is 0 Å². The number of rotatable bonds is 7. The molecule has 30 heavy (non-hydrogen) atoms. The van der Waals surface area contributed by atoms with Gasteiger partial charge in [-0.15, -0.1) is 0 Å². The lowest BCUT2D eigenvalue weighted by atomic mass is 10.1. The molecule has 1 aliphatic rings. The molecule has 7 nitrogen and oxygen atoms in total. The number of nitrogens with one attached hydrogen (secondary N) is 1. The highest BCUT2D eigenvalue weighted by molar-refractivity contribution is 5.95. The number of piperidine rings is 1. The first kappa shape index (κ1) is 21.6. The van der Waals surface area contributed by atoms with Gasteiger partial charge in [-0.3, -0.25) is 14.6 Å². The third kappa shape index (κ3) is 5.72. The van der Waals surface area contributed by atoms with E-state index in [1.165, 1.54) is 0 Å². The number of ether oxygens (including phenoxy) is 2. The van der Waals surface area contributed by atoms with E-state index in [0.29, 0.717) is 36.6 Å². The minimum Gasteiger partial charge on any atom is -0.493 e. The van der Waals surface area contributed by atoms with Gasteiger partial charge in [-0.05, 0) is 37.3 Å². The highest BCUT2D eigenvalue weighted by Crippen LogP contribution is 2.30. The van der Waals surface area contributed by atoms with Crippen molar-refractivity contribution in [3.63, 3.8) is 0 Å². The summed E-state index contributed by atoms with van der Waals surface area (Å²) in [4.78, 5) is 30.2. The monoisotopic (exact) mass is 411 g/mol. The largest absolute Gasteiger partial charge is 0.493 e. The molecular weight excluding hydrogens is 382 g/mol. The predicted octanol–water partition coefficient (Wildman–Crippen LogP) is 2.84. The zero-order chi connectivity index (χ0) is 21.5. The van der Waals surface area contributed by atoms with E-state index in [2.05, 4.69) is 10.3 Å². The summed E-state index contributed by atoms with van der Waals surface area (Å²) in [5.41, 5.74) is 1.45. The summed E-state index contributed by atoms with van der Waals surface area (Å²) in [6.45, 7) is 4.92. The van der Waals surface area contributed by atoms with Crippen LogP contribution < -0.4 is 14.8 Å². The molecule has 0 radical (unpaired) electrons. The van der Waals surface area contributed by atoms with Gasteiger partial charge in [-0.2, -0.15) is 0 Å². The van der Waals surface area contributed by atoms with Gasteiger partial charge in [-0.1, -0.05) is 6.07 Å². The van der Waals surface area contributed by atoms with Gasteiger partial charge in [0.15, 0.2) is 11.5 Å². The predicted molar refractivity (Wildman–Crippen MR) is 114 cm³/mol. The van der Waals surface area contributed by atoms with Crippen molar-refractivity contribution in [2.24, 2.45) is 0 Å². The van der Waals surface area contributed by atoms with Crippen LogP contribution in [0.3, 0.4) is 0 Å². The average Bonchev–Trinajstić information content (AvgIpc) is 2.75. The van der Waals surface area contributed by atoms with Crippen LogP contribution in [0.5, 0.6) is 11.5 Å². The molecular formula is C23H29N3O4. The first-order chi connectivity index (χ1) is 14.5. The number of aromatic nitrogens is 1. The molecule has 1 aromatic carbocycles. The highest BCUT2D eigenvalue weighted by Gasteiger charge is 2.23. The quantitative estimate of drug-likeness (QED) is 0.758. The van der Waals surface area contributed by atoms with Crippen molar-refractivity contribution in [3.05, 3.63) is 53.9 Å². The zero-order valence-electron chi connectivity index (χ0n) is 17.8. The van der Waals surface area contributed by atoms with E-state index in [-0.39, 0.29) is 24.0 Å². The molecule has 1 saturated heterocycles. The number of hydrogen-bond acceptors (Lipinski definition) is 5. The van der Waals surface area contributed by atoms with Crippen molar-refractivity contribution in [1.82, 2.24) is 15.2 Å². The van der Waals surface area contributed by atoms with Crippen LogP contribution in [-0.4, -0.2) is 54.0 Å². The normalized spacial score (nSPS) is 15.4. The van der Waals surface area contributed by atoms with E-state index in [0.717, 1.165) is 18.5 Å². The van der Waals surface area contributed by atoms with Crippen LogP contribution in [-0.2, 0) is 11.2 Å². The Morgan fingerprint density at radius 2 is 1.97 bits per heavy atom. The van der Waals surface area contributed by atoms with Gasteiger partial charge < -0.3 is 19.7 Å². The first-order valence-corrected chi connectivity index (χ1v) is 10.3. The molecule has 2 amide bonds. The van der Waals surface area contributed by atoms with Gasteiger partial charge >= 0.3 is 0 Å². The summed E-state index contributed by atoms with van der Waals surface area (Å²) in [5, 5.41) is 3.00. The molecule has 1 N–H and O–H groups in total. The molecule has 1 fully saturated rings. The fourth-order valence-electron chi connectivity index (χ4n) is 3.57. The van der Waals surface area contributed by atoms with E-state index < -0.39 is 0 Å². The van der Waals surface area contributed by atoms with Crippen LogP contribution in [0.2, 0.25) is 0 Å². The summed E-state index contributed by atoms with van der Waals surface area (Å²) < 4.78 is 11.6. The molecule has 2 aromatic rings. The van der Waals surface area contributed by atoms with E-state index in [9.17, 15) is 9.59 Å². The molecule has 7 heteroatoms. The van der Waals surface area contributed by atoms with Crippen molar-refractivity contribution in [2.75, 3.05) is 20.2 Å². The van der Waals surface area contributed by atoms with Crippen LogP contribution in [0.15, 0.2) is 42.6 Å². The summed E-state index contributed by atoms with van der Waals surface area (Å²) in [6, 6.07) is 10.9. The number of likely N-dealkylation sites (tertiary alicyclic amines) is 1. The van der Waals surface area contributed by atoms with E-state index in [1.54, 1.807) is 38.4 Å². The smallest absolute Gasteiger partial charge is 0.251 e.